The van der Waals surface area contributed by atoms with Crippen LogP contribution in [0.25, 0.3) is 10.6 Å². The molecule has 5 heteroatoms. The van der Waals surface area contributed by atoms with Crippen molar-refractivity contribution >= 4 is 22.9 Å². The summed E-state index contributed by atoms with van der Waals surface area (Å²) in [6, 6.07) is 4.66. The standard InChI is InChI=1S/C13H14ClFN2S/c1-2-5-16-7-10-8-18-13(17-10)11-4-3-9(14)6-12(11)15/h3-4,6,8,16H,2,5,7H2,1H3. The van der Waals surface area contributed by atoms with Gasteiger partial charge in [0.25, 0.3) is 0 Å². The van der Waals surface area contributed by atoms with Crippen molar-refractivity contribution in [1.82, 2.24) is 10.3 Å². The molecular weight excluding hydrogens is 271 g/mol. The molecule has 0 radical (unpaired) electrons. The number of hydrogen-bond acceptors (Lipinski definition) is 3. The van der Waals surface area contributed by atoms with E-state index in [1.165, 1.54) is 17.4 Å². The predicted octanol–water partition coefficient (Wildman–Crippen LogP) is 4.10. The van der Waals surface area contributed by atoms with Crippen molar-refractivity contribution in [2.45, 2.75) is 19.9 Å². The summed E-state index contributed by atoms with van der Waals surface area (Å²) in [6.07, 6.45) is 1.09. The van der Waals surface area contributed by atoms with Crippen LogP contribution < -0.4 is 5.32 Å². The summed E-state index contributed by atoms with van der Waals surface area (Å²) in [4.78, 5) is 4.42. The van der Waals surface area contributed by atoms with Gasteiger partial charge in [-0.1, -0.05) is 18.5 Å². The lowest BCUT2D eigenvalue weighted by molar-refractivity contribution is 0.631. The van der Waals surface area contributed by atoms with Crippen molar-refractivity contribution in [2.24, 2.45) is 0 Å². The van der Waals surface area contributed by atoms with Crippen LogP contribution in [0.5, 0.6) is 0 Å². The third kappa shape index (κ3) is 3.28. The highest BCUT2D eigenvalue weighted by molar-refractivity contribution is 7.13. The Balaban J connectivity index is 2.13. The van der Waals surface area contributed by atoms with Gasteiger partial charge in [0.2, 0.25) is 0 Å². The van der Waals surface area contributed by atoms with Gasteiger partial charge < -0.3 is 5.32 Å². The molecule has 1 N–H and O–H groups in total. The molecule has 2 nitrogen and oxygen atoms in total. The van der Waals surface area contributed by atoms with Gasteiger partial charge in [-0.15, -0.1) is 11.3 Å². The maximum Gasteiger partial charge on any atom is 0.134 e. The van der Waals surface area contributed by atoms with Crippen molar-refractivity contribution in [3.8, 4) is 10.6 Å². The van der Waals surface area contributed by atoms with Crippen molar-refractivity contribution < 1.29 is 4.39 Å². The van der Waals surface area contributed by atoms with Crippen LogP contribution in [0, 0.1) is 5.82 Å². The smallest absolute Gasteiger partial charge is 0.134 e. The first-order valence-electron chi connectivity index (χ1n) is 5.81. The van der Waals surface area contributed by atoms with Gasteiger partial charge in [0, 0.05) is 22.5 Å². The van der Waals surface area contributed by atoms with Crippen LogP contribution in [-0.2, 0) is 6.54 Å². The lowest BCUT2D eigenvalue weighted by atomic mass is 10.2. The van der Waals surface area contributed by atoms with Crippen LogP contribution in [0.4, 0.5) is 4.39 Å². The Morgan fingerprint density at radius 2 is 2.28 bits per heavy atom. The fraction of sp³-hybridized carbons (Fsp3) is 0.308. The summed E-state index contributed by atoms with van der Waals surface area (Å²) in [7, 11) is 0. The van der Waals surface area contributed by atoms with E-state index in [4.69, 9.17) is 11.6 Å². The SMILES string of the molecule is CCCNCc1csc(-c2ccc(Cl)cc2F)n1. The molecule has 0 aliphatic heterocycles. The third-order valence-corrected chi connectivity index (χ3v) is 3.61. The molecule has 0 saturated heterocycles. The zero-order valence-electron chi connectivity index (χ0n) is 10.0. The second kappa shape index (κ2) is 6.27. The Labute approximate surface area is 115 Å². The van der Waals surface area contributed by atoms with Gasteiger partial charge in [0.1, 0.15) is 10.8 Å². The Hall–Kier alpha value is -0.970. The van der Waals surface area contributed by atoms with E-state index < -0.39 is 0 Å². The van der Waals surface area contributed by atoms with E-state index in [-0.39, 0.29) is 5.82 Å². The number of rotatable bonds is 5. The molecule has 1 heterocycles. The number of aromatic nitrogens is 1. The Morgan fingerprint density at radius 3 is 3.00 bits per heavy atom. The highest BCUT2D eigenvalue weighted by Gasteiger charge is 2.09. The van der Waals surface area contributed by atoms with Crippen molar-refractivity contribution in [2.75, 3.05) is 6.54 Å². The van der Waals surface area contributed by atoms with Crippen molar-refractivity contribution in [3.63, 3.8) is 0 Å². The van der Waals surface area contributed by atoms with Crippen LogP contribution in [0.15, 0.2) is 23.6 Å². The summed E-state index contributed by atoms with van der Waals surface area (Å²) in [5.41, 5.74) is 1.45. The van der Waals surface area contributed by atoms with Crippen LogP contribution in [0.2, 0.25) is 5.02 Å². The number of nitrogens with one attached hydrogen (secondary N) is 1. The molecule has 0 aliphatic carbocycles. The maximum absolute atomic E-state index is 13.7. The van der Waals surface area contributed by atoms with Gasteiger partial charge in [-0.3, -0.25) is 0 Å². The van der Waals surface area contributed by atoms with Gasteiger partial charge in [0.15, 0.2) is 0 Å². The second-order valence-corrected chi connectivity index (χ2v) is 5.24. The molecule has 18 heavy (non-hydrogen) atoms. The largest absolute Gasteiger partial charge is 0.311 e. The van der Waals surface area contributed by atoms with E-state index in [9.17, 15) is 4.39 Å². The number of halogens is 2. The van der Waals surface area contributed by atoms with Gasteiger partial charge in [-0.05, 0) is 31.2 Å². The first kappa shape index (κ1) is 13.5. The van der Waals surface area contributed by atoms with Crippen molar-refractivity contribution in [1.29, 1.82) is 0 Å². The zero-order chi connectivity index (χ0) is 13.0. The van der Waals surface area contributed by atoms with E-state index in [1.54, 1.807) is 12.1 Å². The average molecular weight is 285 g/mol. The van der Waals surface area contributed by atoms with E-state index in [0.717, 1.165) is 25.2 Å². The number of hydrogen-bond donors (Lipinski definition) is 1. The summed E-state index contributed by atoms with van der Waals surface area (Å²) in [5, 5.41) is 6.31. The topological polar surface area (TPSA) is 24.9 Å². The van der Waals surface area contributed by atoms with Crippen molar-refractivity contribution in [3.05, 3.63) is 40.1 Å². The summed E-state index contributed by atoms with van der Waals surface area (Å²) in [5.74, 6) is -0.329. The molecule has 0 amide bonds. The maximum atomic E-state index is 13.7. The van der Waals surface area contributed by atoms with Gasteiger partial charge in [0.05, 0.1) is 5.69 Å². The minimum atomic E-state index is -0.329. The Kier molecular flexibility index (Phi) is 4.69. The van der Waals surface area contributed by atoms with Crippen LogP contribution in [0.3, 0.4) is 0 Å². The third-order valence-electron chi connectivity index (χ3n) is 2.45. The van der Waals surface area contributed by atoms with Gasteiger partial charge in [-0.2, -0.15) is 0 Å². The average Bonchev–Trinajstić information content (AvgIpc) is 2.78. The van der Waals surface area contributed by atoms with Gasteiger partial charge in [-0.25, -0.2) is 9.37 Å². The molecule has 2 rings (SSSR count). The van der Waals surface area contributed by atoms with Crippen LogP contribution >= 0.6 is 22.9 Å². The minimum absolute atomic E-state index is 0.329. The molecule has 96 valence electrons. The molecule has 0 fully saturated rings. The fourth-order valence-corrected chi connectivity index (χ4v) is 2.57. The molecule has 1 aromatic carbocycles. The van der Waals surface area contributed by atoms with E-state index in [2.05, 4.69) is 17.2 Å². The molecule has 0 unspecified atom stereocenters. The molecule has 0 atom stereocenters. The molecule has 1 aromatic heterocycles. The summed E-state index contributed by atoms with van der Waals surface area (Å²) >= 11 is 7.17. The summed E-state index contributed by atoms with van der Waals surface area (Å²) in [6.45, 7) is 3.80. The number of thiazole rings is 1. The lowest BCUT2D eigenvalue weighted by Gasteiger charge is -2.00. The zero-order valence-corrected chi connectivity index (χ0v) is 11.6. The summed E-state index contributed by atoms with van der Waals surface area (Å²) < 4.78 is 13.7. The molecular formula is C13H14ClFN2S. The number of benzene rings is 1. The van der Waals surface area contributed by atoms with Gasteiger partial charge >= 0.3 is 0 Å². The van der Waals surface area contributed by atoms with Crippen LogP contribution in [-0.4, -0.2) is 11.5 Å². The normalized spacial score (nSPS) is 10.8. The second-order valence-electron chi connectivity index (χ2n) is 3.94. The van der Waals surface area contributed by atoms with E-state index >= 15 is 0 Å². The molecule has 0 bridgehead atoms. The first-order chi connectivity index (χ1) is 8.70. The van der Waals surface area contributed by atoms with E-state index in [0.29, 0.717) is 15.6 Å². The number of nitrogens with zero attached hydrogens (tertiary/aromatic N) is 1. The predicted molar refractivity (Wildman–Crippen MR) is 74.5 cm³/mol. The van der Waals surface area contributed by atoms with Crippen LogP contribution in [0.1, 0.15) is 19.0 Å². The monoisotopic (exact) mass is 284 g/mol. The molecule has 0 saturated carbocycles. The molecule has 0 aliphatic rings. The quantitative estimate of drug-likeness (QED) is 0.836. The Morgan fingerprint density at radius 1 is 1.44 bits per heavy atom. The fourth-order valence-electron chi connectivity index (χ4n) is 1.57. The molecule has 0 spiro atoms. The highest BCUT2D eigenvalue weighted by atomic mass is 35.5. The van der Waals surface area contributed by atoms with E-state index in [1.807, 2.05) is 5.38 Å². The Bertz CT molecular complexity index is 527. The first-order valence-corrected chi connectivity index (χ1v) is 7.07. The lowest BCUT2D eigenvalue weighted by Crippen LogP contribution is -2.13. The minimum Gasteiger partial charge on any atom is -0.311 e. The highest BCUT2D eigenvalue weighted by Crippen LogP contribution is 2.28. The molecule has 2 aromatic rings.